The zero-order chi connectivity index (χ0) is 29.5. The fourth-order valence-corrected chi connectivity index (χ4v) is 5.34. The molecule has 0 bridgehead atoms. The zero-order valence-corrected chi connectivity index (χ0v) is 23.3. The molecule has 220 valence electrons. The molecule has 1 aliphatic rings. The van der Waals surface area contributed by atoms with E-state index < -0.39 is 17.6 Å². The summed E-state index contributed by atoms with van der Waals surface area (Å²) in [5.41, 5.74) is 1.83. The van der Waals surface area contributed by atoms with Gasteiger partial charge in [0.25, 0.3) is 0 Å². The molecule has 5 heterocycles. The van der Waals surface area contributed by atoms with Crippen molar-refractivity contribution in [1.82, 2.24) is 35.2 Å². The normalized spacial score (nSPS) is 13.0. The fraction of sp³-hybridized carbons (Fsp3) is 0.407. The minimum Gasteiger partial charge on any atom is -0.309 e. The van der Waals surface area contributed by atoms with E-state index in [2.05, 4.69) is 41.1 Å². The van der Waals surface area contributed by atoms with Crippen LogP contribution >= 0.6 is 11.3 Å². The second-order valence-electron chi connectivity index (χ2n) is 9.91. The number of alkyl halides is 3. The molecule has 1 aliphatic heterocycles. The summed E-state index contributed by atoms with van der Waals surface area (Å²) in [6.45, 7) is 0.903. The minimum absolute atomic E-state index is 0.00399. The Labute approximate surface area is 243 Å². The average Bonchev–Trinajstić information content (AvgIpc) is 3.57. The Morgan fingerprint density at radius 1 is 0.881 bits per heavy atom. The van der Waals surface area contributed by atoms with Gasteiger partial charge in [-0.2, -0.15) is 23.4 Å². The Morgan fingerprint density at radius 3 is 2.48 bits per heavy atom. The molecule has 0 aromatic carbocycles. The van der Waals surface area contributed by atoms with Crippen LogP contribution in [0.15, 0.2) is 36.5 Å². The number of unbranched alkanes of at least 4 members (excludes halogenated alkanes) is 1. The van der Waals surface area contributed by atoms with Gasteiger partial charge in [-0.1, -0.05) is 11.3 Å². The molecule has 4 aromatic heterocycles. The standard InChI is InChI=1S/C27H28F3N9O2S/c28-27(29,30)17-10-11-31-19(13-17)15-23(40)32-22-9-8-18(34-35-22)5-1-2-7-25-36-37-26(42-25)33-24(41)16-20-14-21-6-3-4-12-39(21)38-20/h8-11,13-14H,1-7,12,15-16H2,(H,32,35,40)(H,33,37,41). The first-order chi connectivity index (χ1) is 20.2. The second-order valence-corrected chi connectivity index (χ2v) is 11.0. The average molecular weight is 600 g/mol. The number of carbonyl (C=O) groups excluding carboxylic acids is 2. The van der Waals surface area contributed by atoms with E-state index in [-0.39, 0.29) is 30.3 Å². The maximum absolute atomic E-state index is 12.9. The summed E-state index contributed by atoms with van der Waals surface area (Å²) >= 11 is 1.35. The molecule has 0 saturated carbocycles. The predicted octanol–water partition coefficient (Wildman–Crippen LogP) is 4.20. The maximum atomic E-state index is 12.9. The predicted molar refractivity (Wildman–Crippen MR) is 148 cm³/mol. The summed E-state index contributed by atoms with van der Waals surface area (Å²) in [6, 6.07) is 7.03. The number of anilines is 2. The lowest BCUT2D eigenvalue weighted by atomic mass is 10.1. The summed E-state index contributed by atoms with van der Waals surface area (Å²) in [4.78, 5) is 28.5. The highest BCUT2D eigenvalue weighted by atomic mass is 32.1. The first-order valence-corrected chi connectivity index (χ1v) is 14.4. The van der Waals surface area contributed by atoms with Crippen molar-refractivity contribution >= 4 is 34.1 Å². The number of amides is 2. The number of fused-ring (bicyclic) bond motifs is 1. The van der Waals surface area contributed by atoms with Crippen LogP contribution in [0.4, 0.5) is 24.1 Å². The Balaban J connectivity index is 1.01. The highest BCUT2D eigenvalue weighted by Crippen LogP contribution is 2.29. The molecule has 4 aromatic rings. The van der Waals surface area contributed by atoms with Crippen molar-refractivity contribution in [1.29, 1.82) is 0 Å². The summed E-state index contributed by atoms with van der Waals surface area (Å²) < 4.78 is 40.5. The van der Waals surface area contributed by atoms with Gasteiger partial charge in [-0.15, -0.1) is 15.3 Å². The van der Waals surface area contributed by atoms with Crippen LogP contribution in [0.1, 0.15) is 59.0 Å². The monoisotopic (exact) mass is 599 g/mol. The number of hydrogen-bond acceptors (Lipinski definition) is 9. The number of aryl methyl sites for hydroxylation is 4. The van der Waals surface area contributed by atoms with Crippen LogP contribution in [0.25, 0.3) is 0 Å². The van der Waals surface area contributed by atoms with E-state index in [4.69, 9.17) is 0 Å². The van der Waals surface area contributed by atoms with Crippen molar-refractivity contribution < 1.29 is 22.8 Å². The zero-order valence-electron chi connectivity index (χ0n) is 22.5. The van der Waals surface area contributed by atoms with Gasteiger partial charge in [-0.3, -0.25) is 19.3 Å². The molecule has 42 heavy (non-hydrogen) atoms. The van der Waals surface area contributed by atoms with Crippen molar-refractivity contribution in [2.24, 2.45) is 0 Å². The number of aromatic nitrogens is 7. The summed E-state index contributed by atoms with van der Waals surface area (Å²) in [5, 5.41) is 27.5. The third-order valence-electron chi connectivity index (χ3n) is 6.57. The molecule has 0 radical (unpaired) electrons. The van der Waals surface area contributed by atoms with Gasteiger partial charge < -0.3 is 10.6 Å². The molecule has 15 heteroatoms. The van der Waals surface area contributed by atoms with Gasteiger partial charge in [0.2, 0.25) is 16.9 Å². The van der Waals surface area contributed by atoms with Gasteiger partial charge >= 0.3 is 6.18 Å². The molecule has 11 nitrogen and oxygen atoms in total. The van der Waals surface area contributed by atoms with Gasteiger partial charge in [0.1, 0.15) is 5.01 Å². The van der Waals surface area contributed by atoms with E-state index in [1.807, 2.05) is 10.7 Å². The number of rotatable bonds is 11. The number of halogens is 3. The lowest BCUT2D eigenvalue weighted by molar-refractivity contribution is -0.137. The lowest BCUT2D eigenvalue weighted by Crippen LogP contribution is -2.17. The molecule has 2 N–H and O–H groups in total. The smallest absolute Gasteiger partial charge is 0.309 e. The highest BCUT2D eigenvalue weighted by Gasteiger charge is 2.30. The van der Waals surface area contributed by atoms with Crippen LogP contribution < -0.4 is 10.6 Å². The van der Waals surface area contributed by atoms with Crippen molar-refractivity contribution in [2.75, 3.05) is 10.6 Å². The Morgan fingerprint density at radius 2 is 1.69 bits per heavy atom. The van der Waals surface area contributed by atoms with Gasteiger partial charge in [0.05, 0.1) is 35.5 Å². The highest BCUT2D eigenvalue weighted by molar-refractivity contribution is 7.15. The van der Waals surface area contributed by atoms with E-state index in [0.29, 0.717) is 18.0 Å². The number of pyridine rings is 1. The van der Waals surface area contributed by atoms with Crippen molar-refractivity contribution in [3.8, 4) is 0 Å². The van der Waals surface area contributed by atoms with E-state index in [1.165, 1.54) is 17.0 Å². The molecule has 0 aliphatic carbocycles. The second kappa shape index (κ2) is 13.1. The number of nitrogens with zero attached hydrogens (tertiary/aromatic N) is 7. The van der Waals surface area contributed by atoms with Crippen LogP contribution in [0.2, 0.25) is 0 Å². The van der Waals surface area contributed by atoms with Gasteiger partial charge in [0, 0.05) is 24.9 Å². The van der Waals surface area contributed by atoms with Crippen LogP contribution in [-0.4, -0.2) is 47.0 Å². The molecule has 0 atom stereocenters. The topological polar surface area (TPSA) is 140 Å². The number of hydrogen-bond donors (Lipinski definition) is 2. The quantitative estimate of drug-likeness (QED) is 0.245. The molecule has 0 saturated heterocycles. The number of nitrogens with one attached hydrogen (secondary N) is 2. The Hall–Kier alpha value is -4.27. The van der Waals surface area contributed by atoms with Crippen LogP contribution in [-0.2, 0) is 54.4 Å². The third kappa shape index (κ3) is 8.15. The van der Waals surface area contributed by atoms with Gasteiger partial charge in [-0.05, 0) is 68.9 Å². The third-order valence-corrected chi connectivity index (χ3v) is 7.47. The van der Waals surface area contributed by atoms with Crippen LogP contribution in [0.3, 0.4) is 0 Å². The van der Waals surface area contributed by atoms with E-state index in [0.717, 1.165) is 73.4 Å². The van der Waals surface area contributed by atoms with E-state index in [1.54, 1.807) is 12.1 Å². The molecule has 0 unspecified atom stereocenters. The molecule has 5 rings (SSSR count). The Kier molecular flexibility index (Phi) is 9.15. The van der Waals surface area contributed by atoms with Crippen molar-refractivity contribution in [3.05, 3.63) is 69.9 Å². The van der Waals surface area contributed by atoms with Crippen molar-refractivity contribution in [2.45, 2.75) is 70.5 Å². The van der Waals surface area contributed by atoms with E-state index >= 15 is 0 Å². The summed E-state index contributed by atoms with van der Waals surface area (Å²) in [6.07, 6.45) is 2.66. The first-order valence-electron chi connectivity index (χ1n) is 13.5. The molecule has 0 spiro atoms. The Bertz CT molecular complexity index is 1510. The molecular weight excluding hydrogens is 571 g/mol. The van der Waals surface area contributed by atoms with Gasteiger partial charge in [0.15, 0.2) is 5.82 Å². The summed E-state index contributed by atoms with van der Waals surface area (Å²) in [7, 11) is 0. The molecular formula is C27H28F3N9O2S. The van der Waals surface area contributed by atoms with Gasteiger partial charge in [-0.25, -0.2) is 0 Å². The first kappa shape index (κ1) is 29.2. The largest absolute Gasteiger partial charge is 0.416 e. The maximum Gasteiger partial charge on any atom is 0.416 e. The molecule has 0 fully saturated rings. The van der Waals surface area contributed by atoms with Crippen LogP contribution in [0.5, 0.6) is 0 Å². The van der Waals surface area contributed by atoms with Crippen molar-refractivity contribution in [3.63, 3.8) is 0 Å². The van der Waals surface area contributed by atoms with Crippen LogP contribution in [0, 0.1) is 0 Å². The lowest BCUT2D eigenvalue weighted by Gasteiger charge is -2.11. The summed E-state index contributed by atoms with van der Waals surface area (Å²) in [5.74, 6) is -0.512. The molecule has 2 amide bonds. The minimum atomic E-state index is -4.51. The van der Waals surface area contributed by atoms with E-state index in [9.17, 15) is 22.8 Å². The number of carbonyl (C=O) groups is 2. The SMILES string of the molecule is O=C(Cc1cc(C(F)(F)F)ccn1)Nc1ccc(CCCCc2nnc(NC(=O)Cc3cc4n(n3)CCCC4)s2)nn1. The fourth-order valence-electron chi connectivity index (χ4n) is 4.54.